The predicted octanol–water partition coefficient (Wildman–Crippen LogP) is 7.64. The van der Waals surface area contributed by atoms with Gasteiger partial charge < -0.3 is 5.32 Å². The summed E-state index contributed by atoms with van der Waals surface area (Å²) < 4.78 is 14.7. The van der Waals surface area contributed by atoms with Crippen LogP contribution in [-0.2, 0) is 0 Å². The van der Waals surface area contributed by atoms with E-state index in [1.807, 2.05) is 24.3 Å². The van der Waals surface area contributed by atoms with Crippen molar-refractivity contribution in [1.29, 1.82) is 0 Å². The minimum atomic E-state index is -0.437. The molecule has 6 heteroatoms. The van der Waals surface area contributed by atoms with Crippen LogP contribution in [0.15, 0.2) is 48.7 Å². The Bertz CT molecular complexity index is 944. The standard InChI is InChI=1S/C23H24Cl2FN3/c1-3-4-5-9-15(2)28-20-14-19(18-12-6-7-13-27-18)29-23(25)22(20)21-16(24)10-8-11-17(21)26/h6-8,10-15H,3-5,9H2,1-2H3,(H,28,29). The summed E-state index contributed by atoms with van der Waals surface area (Å²) in [6.45, 7) is 4.29. The number of unbranched alkanes of at least 4 members (excludes halogenated alkanes) is 2. The molecule has 0 saturated carbocycles. The van der Waals surface area contributed by atoms with Crippen molar-refractivity contribution in [2.45, 2.75) is 45.6 Å². The summed E-state index contributed by atoms with van der Waals surface area (Å²) in [4.78, 5) is 8.84. The van der Waals surface area contributed by atoms with Crippen molar-refractivity contribution in [3.63, 3.8) is 0 Å². The maximum Gasteiger partial charge on any atom is 0.139 e. The molecule has 29 heavy (non-hydrogen) atoms. The van der Waals surface area contributed by atoms with Gasteiger partial charge in [0.25, 0.3) is 0 Å². The topological polar surface area (TPSA) is 37.8 Å². The molecule has 0 fully saturated rings. The third kappa shape index (κ3) is 5.26. The van der Waals surface area contributed by atoms with Crippen LogP contribution in [0.3, 0.4) is 0 Å². The van der Waals surface area contributed by atoms with E-state index in [1.165, 1.54) is 12.5 Å². The number of nitrogens with one attached hydrogen (secondary N) is 1. The fraction of sp³-hybridized carbons (Fsp3) is 0.304. The van der Waals surface area contributed by atoms with Crippen LogP contribution in [0.2, 0.25) is 10.2 Å². The van der Waals surface area contributed by atoms with Crippen LogP contribution >= 0.6 is 23.2 Å². The molecule has 1 unspecified atom stereocenters. The maximum absolute atomic E-state index is 14.7. The summed E-state index contributed by atoms with van der Waals surface area (Å²) in [5.41, 5.74) is 2.73. The molecule has 0 radical (unpaired) electrons. The smallest absolute Gasteiger partial charge is 0.139 e. The second-order valence-electron chi connectivity index (χ2n) is 7.07. The molecular formula is C23H24Cl2FN3. The van der Waals surface area contributed by atoms with Crippen LogP contribution < -0.4 is 5.32 Å². The Kier molecular flexibility index (Phi) is 7.45. The third-order valence-electron chi connectivity index (χ3n) is 4.76. The monoisotopic (exact) mass is 431 g/mol. The largest absolute Gasteiger partial charge is 0.382 e. The summed E-state index contributed by atoms with van der Waals surface area (Å²) in [5.74, 6) is -0.437. The zero-order valence-corrected chi connectivity index (χ0v) is 18.1. The lowest BCUT2D eigenvalue weighted by Crippen LogP contribution is -2.16. The maximum atomic E-state index is 14.7. The quantitative estimate of drug-likeness (QED) is 0.294. The van der Waals surface area contributed by atoms with E-state index in [1.54, 1.807) is 18.3 Å². The van der Waals surface area contributed by atoms with Gasteiger partial charge in [-0.2, -0.15) is 0 Å². The van der Waals surface area contributed by atoms with Crippen LogP contribution in [0, 0.1) is 5.82 Å². The van der Waals surface area contributed by atoms with E-state index in [0.29, 0.717) is 27.7 Å². The Morgan fingerprint density at radius 2 is 1.86 bits per heavy atom. The Morgan fingerprint density at radius 3 is 2.55 bits per heavy atom. The molecular weight excluding hydrogens is 408 g/mol. The first-order valence-corrected chi connectivity index (χ1v) is 10.6. The summed E-state index contributed by atoms with van der Waals surface area (Å²) in [7, 11) is 0. The number of hydrogen-bond donors (Lipinski definition) is 1. The van der Waals surface area contributed by atoms with Gasteiger partial charge in [0.05, 0.1) is 16.4 Å². The van der Waals surface area contributed by atoms with Crippen molar-refractivity contribution in [3.8, 4) is 22.5 Å². The summed E-state index contributed by atoms with van der Waals surface area (Å²) in [6.07, 6.45) is 6.15. The van der Waals surface area contributed by atoms with Gasteiger partial charge in [0, 0.05) is 29.1 Å². The Labute approximate surface area is 181 Å². The molecule has 3 aromatic rings. The third-order valence-corrected chi connectivity index (χ3v) is 5.35. The fourth-order valence-corrected chi connectivity index (χ4v) is 3.83. The van der Waals surface area contributed by atoms with Gasteiger partial charge in [-0.05, 0) is 43.7 Å². The minimum absolute atomic E-state index is 0.181. The highest BCUT2D eigenvalue weighted by Gasteiger charge is 2.21. The molecule has 0 spiro atoms. The number of pyridine rings is 2. The average Bonchev–Trinajstić information content (AvgIpc) is 2.70. The zero-order chi connectivity index (χ0) is 20.8. The first kappa shape index (κ1) is 21.5. The SMILES string of the molecule is CCCCCC(C)Nc1cc(-c2ccccn2)nc(Cl)c1-c1c(F)cccc1Cl. The molecule has 1 N–H and O–H groups in total. The molecule has 152 valence electrons. The predicted molar refractivity (Wildman–Crippen MR) is 120 cm³/mol. The van der Waals surface area contributed by atoms with E-state index in [2.05, 4.69) is 29.1 Å². The van der Waals surface area contributed by atoms with E-state index in [9.17, 15) is 4.39 Å². The number of aromatic nitrogens is 2. The summed E-state index contributed by atoms with van der Waals surface area (Å²) in [5, 5.41) is 3.97. The van der Waals surface area contributed by atoms with E-state index in [-0.39, 0.29) is 16.8 Å². The normalized spacial score (nSPS) is 12.0. The molecule has 1 aromatic carbocycles. The minimum Gasteiger partial charge on any atom is -0.382 e. The molecule has 3 nitrogen and oxygen atoms in total. The molecule has 1 atom stereocenters. The van der Waals surface area contributed by atoms with Gasteiger partial charge in [0.15, 0.2) is 0 Å². The number of nitrogens with zero attached hydrogens (tertiary/aromatic N) is 2. The number of anilines is 1. The van der Waals surface area contributed by atoms with Crippen LogP contribution in [-0.4, -0.2) is 16.0 Å². The van der Waals surface area contributed by atoms with Crippen molar-refractivity contribution < 1.29 is 4.39 Å². The number of hydrogen-bond acceptors (Lipinski definition) is 3. The van der Waals surface area contributed by atoms with Gasteiger partial charge in [-0.15, -0.1) is 0 Å². The van der Waals surface area contributed by atoms with E-state index in [0.717, 1.165) is 19.3 Å². The van der Waals surface area contributed by atoms with Gasteiger partial charge >= 0.3 is 0 Å². The molecule has 0 aliphatic rings. The second kappa shape index (κ2) is 10.0. The average molecular weight is 432 g/mol. The fourth-order valence-electron chi connectivity index (χ4n) is 3.29. The first-order chi connectivity index (χ1) is 14.0. The van der Waals surface area contributed by atoms with Crippen LogP contribution in [0.5, 0.6) is 0 Å². The molecule has 0 amide bonds. The molecule has 0 aliphatic heterocycles. The lowest BCUT2D eigenvalue weighted by Gasteiger charge is -2.21. The molecule has 0 bridgehead atoms. The zero-order valence-electron chi connectivity index (χ0n) is 16.6. The van der Waals surface area contributed by atoms with E-state index >= 15 is 0 Å². The van der Waals surface area contributed by atoms with E-state index in [4.69, 9.17) is 23.2 Å². The first-order valence-electron chi connectivity index (χ1n) is 9.84. The van der Waals surface area contributed by atoms with Crippen molar-refractivity contribution in [2.75, 3.05) is 5.32 Å². The molecule has 2 heterocycles. The number of benzene rings is 1. The van der Waals surface area contributed by atoms with Gasteiger partial charge in [0.1, 0.15) is 11.0 Å². The highest BCUT2D eigenvalue weighted by Crippen LogP contribution is 2.41. The van der Waals surface area contributed by atoms with Crippen molar-refractivity contribution in [3.05, 3.63) is 64.7 Å². The molecule has 0 aliphatic carbocycles. The second-order valence-corrected chi connectivity index (χ2v) is 7.84. The van der Waals surface area contributed by atoms with E-state index < -0.39 is 5.82 Å². The number of rotatable bonds is 8. The summed E-state index contributed by atoms with van der Waals surface area (Å²) in [6, 6.07) is 12.2. The van der Waals surface area contributed by atoms with Crippen LogP contribution in [0.25, 0.3) is 22.5 Å². The number of halogens is 3. The summed E-state index contributed by atoms with van der Waals surface area (Å²) >= 11 is 12.9. The molecule has 0 saturated heterocycles. The van der Waals surface area contributed by atoms with Crippen LogP contribution in [0.1, 0.15) is 39.5 Å². The van der Waals surface area contributed by atoms with Gasteiger partial charge in [0.2, 0.25) is 0 Å². The Hall–Kier alpha value is -2.17. The van der Waals surface area contributed by atoms with Gasteiger partial charge in [-0.25, -0.2) is 9.37 Å². The van der Waals surface area contributed by atoms with Crippen molar-refractivity contribution in [1.82, 2.24) is 9.97 Å². The highest BCUT2D eigenvalue weighted by molar-refractivity contribution is 6.36. The van der Waals surface area contributed by atoms with Crippen LogP contribution in [0.4, 0.5) is 10.1 Å². The Balaban J connectivity index is 2.09. The van der Waals surface area contributed by atoms with Crippen molar-refractivity contribution in [2.24, 2.45) is 0 Å². The highest BCUT2D eigenvalue weighted by atomic mass is 35.5. The van der Waals surface area contributed by atoms with Crippen molar-refractivity contribution >= 4 is 28.9 Å². The molecule has 2 aromatic heterocycles. The lowest BCUT2D eigenvalue weighted by atomic mass is 10.0. The van der Waals surface area contributed by atoms with Gasteiger partial charge in [-0.3, -0.25) is 4.98 Å². The van der Waals surface area contributed by atoms with Gasteiger partial charge in [-0.1, -0.05) is 61.5 Å². The lowest BCUT2D eigenvalue weighted by molar-refractivity contribution is 0.615. The Morgan fingerprint density at radius 1 is 1.03 bits per heavy atom. The molecule has 3 rings (SSSR count).